The van der Waals surface area contributed by atoms with Crippen molar-refractivity contribution in [2.24, 2.45) is 0 Å². The average Bonchev–Trinajstić information content (AvgIpc) is 2.96. The molecule has 0 fully saturated rings. The number of halogens is 3. The number of imidazole rings is 1. The minimum atomic E-state index is 0. The van der Waals surface area contributed by atoms with E-state index in [0.29, 0.717) is 10.0 Å². The van der Waals surface area contributed by atoms with Crippen molar-refractivity contribution in [3.63, 3.8) is 0 Å². The van der Waals surface area contributed by atoms with Gasteiger partial charge in [-0.2, -0.15) is 0 Å². The molecule has 2 aromatic carbocycles. The van der Waals surface area contributed by atoms with E-state index in [2.05, 4.69) is 22.8 Å². The van der Waals surface area contributed by atoms with Gasteiger partial charge in [-0.15, -0.1) is 0 Å². The number of aromatic nitrogens is 2. The summed E-state index contributed by atoms with van der Waals surface area (Å²) in [5.74, 6) is 1.00. The second kappa shape index (κ2) is 5.48. The molecule has 2 heterocycles. The molecule has 0 aliphatic carbocycles. The summed E-state index contributed by atoms with van der Waals surface area (Å²) in [6, 6.07) is 13.8. The third-order valence-electron chi connectivity index (χ3n) is 3.58. The Morgan fingerprint density at radius 1 is 1.00 bits per heavy atom. The lowest BCUT2D eigenvalue weighted by Gasteiger charge is -2.02. The second-order valence-corrected chi connectivity index (χ2v) is 5.70. The Kier molecular flexibility index (Phi) is 3.82. The zero-order valence-electron chi connectivity index (χ0n) is 10.9. The van der Waals surface area contributed by atoms with Crippen LogP contribution in [0.4, 0.5) is 0 Å². The molecule has 1 aromatic heterocycles. The van der Waals surface area contributed by atoms with E-state index in [4.69, 9.17) is 28.2 Å². The highest BCUT2D eigenvalue weighted by Crippen LogP contribution is 2.36. The van der Waals surface area contributed by atoms with E-state index in [1.54, 1.807) is 6.07 Å². The van der Waals surface area contributed by atoms with Gasteiger partial charge in [-0.25, -0.2) is 4.98 Å². The third kappa shape index (κ3) is 2.39. The van der Waals surface area contributed by atoms with Crippen LogP contribution in [0.15, 0.2) is 48.7 Å². The van der Waals surface area contributed by atoms with Crippen LogP contribution < -0.4 is 17.0 Å². The monoisotopic (exact) mass is 379 g/mol. The minimum absolute atomic E-state index is 0. The van der Waals surface area contributed by atoms with Gasteiger partial charge in [0, 0.05) is 28.9 Å². The van der Waals surface area contributed by atoms with E-state index in [9.17, 15) is 0 Å². The molecule has 21 heavy (non-hydrogen) atoms. The first-order chi connectivity index (χ1) is 9.72. The Bertz CT molecular complexity index is 827. The van der Waals surface area contributed by atoms with Crippen LogP contribution in [0.2, 0.25) is 10.0 Å². The Morgan fingerprint density at radius 3 is 2.62 bits per heavy atom. The first-order valence-electron chi connectivity index (χ1n) is 6.33. The molecule has 0 radical (unpaired) electrons. The molecule has 1 aliphatic heterocycles. The molecule has 0 saturated carbocycles. The Balaban J connectivity index is 0.00000132. The molecule has 0 unspecified atom stereocenters. The quantitative estimate of drug-likeness (QED) is 0.493. The van der Waals surface area contributed by atoms with E-state index in [-0.39, 0.29) is 17.0 Å². The zero-order valence-corrected chi connectivity index (χ0v) is 14.0. The summed E-state index contributed by atoms with van der Waals surface area (Å²) < 4.78 is 2.16. The van der Waals surface area contributed by atoms with E-state index in [0.717, 1.165) is 23.6 Å². The second-order valence-electron chi connectivity index (χ2n) is 4.86. The molecular weight excluding hydrogens is 371 g/mol. The van der Waals surface area contributed by atoms with Gasteiger partial charge in [0.25, 0.3) is 0 Å². The van der Waals surface area contributed by atoms with Crippen LogP contribution >= 0.6 is 23.2 Å². The SMILES string of the molecule is Clc1ccc(-c2cn3c(n2)-c2ccccc2C3)c(Cl)c1.[Br-]. The number of fused-ring (bicyclic) bond motifs is 3. The minimum Gasteiger partial charge on any atom is -1.00 e. The highest BCUT2D eigenvalue weighted by Gasteiger charge is 2.21. The van der Waals surface area contributed by atoms with Crippen molar-refractivity contribution in [3.8, 4) is 22.6 Å². The average molecular weight is 381 g/mol. The molecule has 0 N–H and O–H groups in total. The molecule has 0 bridgehead atoms. The molecule has 4 rings (SSSR count). The van der Waals surface area contributed by atoms with Gasteiger partial charge < -0.3 is 21.5 Å². The van der Waals surface area contributed by atoms with Crippen molar-refractivity contribution in [2.75, 3.05) is 0 Å². The maximum absolute atomic E-state index is 6.25. The summed E-state index contributed by atoms with van der Waals surface area (Å²) in [7, 11) is 0. The standard InChI is InChI=1S/C16H10Cl2N2.BrH/c17-11-5-6-13(14(18)7-11)15-9-20-8-10-3-1-2-4-12(10)16(20)19-15;/h1-7,9H,8H2;1H/p-1. The number of rotatable bonds is 1. The molecule has 0 amide bonds. The van der Waals surface area contributed by atoms with Gasteiger partial charge in [-0.05, 0) is 23.8 Å². The van der Waals surface area contributed by atoms with Gasteiger partial charge >= 0.3 is 0 Å². The molecule has 0 spiro atoms. The first-order valence-corrected chi connectivity index (χ1v) is 7.09. The van der Waals surface area contributed by atoms with Crippen LogP contribution in [0.25, 0.3) is 22.6 Å². The number of benzene rings is 2. The summed E-state index contributed by atoms with van der Waals surface area (Å²) in [6.45, 7) is 0.865. The maximum atomic E-state index is 6.25. The van der Waals surface area contributed by atoms with Crippen LogP contribution in [0, 0.1) is 0 Å². The van der Waals surface area contributed by atoms with Crippen molar-refractivity contribution >= 4 is 23.2 Å². The number of nitrogens with zero attached hydrogens (tertiary/aromatic N) is 2. The predicted octanol–water partition coefficient (Wildman–Crippen LogP) is 1.89. The molecule has 106 valence electrons. The molecule has 0 atom stereocenters. The van der Waals surface area contributed by atoms with Crippen LogP contribution in [0.1, 0.15) is 5.56 Å². The lowest BCUT2D eigenvalue weighted by Crippen LogP contribution is -3.00. The Hall–Kier alpha value is -1.29. The van der Waals surface area contributed by atoms with Crippen LogP contribution in [-0.2, 0) is 6.54 Å². The smallest absolute Gasteiger partial charge is 0.141 e. The largest absolute Gasteiger partial charge is 1.00 e. The van der Waals surface area contributed by atoms with Crippen LogP contribution in [0.3, 0.4) is 0 Å². The van der Waals surface area contributed by atoms with Crippen molar-refractivity contribution < 1.29 is 17.0 Å². The summed E-state index contributed by atoms with van der Waals surface area (Å²) in [6.07, 6.45) is 2.05. The molecular formula is C16H10BrCl2N2-. The van der Waals surface area contributed by atoms with Gasteiger partial charge in [0.15, 0.2) is 0 Å². The van der Waals surface area contributed by atoms with Crippen molar-refractivity contribution in [1.29, 1.82) is 0 Å². The molecule has 1 aliphatic rings. The lowest BCUT2D eigenvalue weighted by atomic mass is 10.1. The maximum Gasteiger partial charge on any atom is 0.141 e. The normalized spacial score (nSPS) is 11.7. The first kappa shape index (κ1) is 14.6. The Labute approximate surface area is 143 Å². The highest BCUT2D eigenvalue weighted by molar-refractivity contribution is 6.36. The summed E-state index contributed by atoms with van der Waals surface area (Å²) >= 11 is 12.2. The van der Waals surface area contributed by atoms with E-state index >= 15 is 0 Å². The highest BCUT2D eigenvalue weighted by atomic mass is 79.9. The van der Waals surface area contributed by atoms with Gasteiger partial charge in [-0.1, -0.05) is 47.5 Å². The fraction of sp³-hybridized carbons (Fsp3) is 0.0625. The molecule has 2 nitrogen and oxygen atoms in total. The van der Waals surface area contributed by atoms with Crippen LogP contribution in [0.5, 0.6) is 0 Å². The molecule has 3 aromatic rings. The van der Waals surface area contributed by atoms with Gasteiger partial charge in [-0.3, -0.25) is 0 Å². The van der Waals surface area contributed by atoms with Gasteiger partial charge in [0.2, 0.25) is 0 Å². The fourth-order valence-corrected chi connectivity index (χ4v) is 3.14. The third-order valence-corrected chi connectivity index (χ3v) is 4.13. The zero-order chi connectivity index (χ0) is 13.7. The van der Waals surface area contributed by atoms with Gasteiger partial charge in [0.1, 0.15) is 5.82 Å². The summed E-state index contributed by atoms with van der Waals surface area (Å²) in [5.41, 5.74) is 4.30. The van der Waals surface area contributed by atoms with Crippen molar-refractivity contribution in [2.45, 2.75) is 6.54 Å². The Morgan fingerprint density at radius 2 is 1.81 bits per heavy atom. The topological polar surface area (TPSA) is 17.8 Å². The van der Waals surface area contributed by atoms with E-state index < -0.39 is 0 Å². The van der Waals surface area contributed by atoms with Crippen molar-refractivity contribution in [1.82, 2.24) is 9.55 Å². The van der Waals surface area contributed by atoms with Gasteiger partial charge in [0.05, 0.1) is 10.7 Å². The van der Waals surface area contributed by atoms with Crippen molar-refractivity contribution in [3.05, 3.63) is 64.3 Å². The fourth-order valence-electron chi connectivity index (χ4n) is 2.64. The summed E-state index contributed by atoms with van der Waals surface area (Å²) in [5, 5.41) is 1.26. The lowest BCUT2D eigenvalue weighted by molar-refractivity contribution is -0.00000376. The van der Waals surface area contributed by atoms with Crippen LogP contribution in [-0.4, -0.2) is 9.55 Å². The number of hydrogen-bond acceptors (Lipinski definition) is 1. The predicted molar refractivity (Wildman–Crippen MR) is 82.2 cm³/mol. The summed E-state index contributed by atoms with van der Waals surface area (Å²) in [4.78, 5) is 4.73. The van der Waals surface area contributed by atoms with E-state index in [1.807, 2.05) is 24.4 Å². The van der Waals surface area contributed by atoms with E-state index in [1.165, 1.54) is 11.1 Å². The molecule has 5 heteroatoms. The molecule has 0 saturated heterocycles. The number of hydrogen-bond donors (Lipinski definition) is 0.